The molecule has 0 saturated heterocycles. The zero-order valence-corrected chi connectivity index (χ0v) is 28.0. The van der Waals surface area contributed by atoms with Gasteiger partial charge in [0.15, 0.2) is 16.9 Å². The zero-order valence-electron chi connectivity index (χ0n) is 28.0. The highest BCUT2D eigenvalue weighted by atomic mass is 16.5. The Balaban J connectivity index is 1.83. The molecule has 5 aromatic rings. The molecule has 1 aliphatic rings. The van der Waals surface area contributed by atoms with Gasteiger partial charge in [0.2, 0.25) is 5.43 Å². The van der Waals surface area contributed by atoms with E-state index in [-0.39, 0.29) is 28.9 Å². The minimum absolute atomic E-state index is 0.125. The lowest BCUT2D eigenvalue weighted by Gasteiger charge is -2.25. The normalized spacial score (nSPS) is 12.9. The largest absolute Gasteiger partial charge is 0.505 e. The third-order valence-electron chi connectivity index (χ3n) is 9.87. The fourth-order valence-corrected chi connectivity index (χ4v) is 7.77. The molecule has 0 fully saturated rings. The Labute approximate surface area is 274 Å². The van der Waals surface area contributed by atoms with E-state index in [2.05, 4.69) is 24.5 Å². The summed E-state index contributed by atoms with van der Waals surface area (Å²) in [5, 5.41) is 44.9. The summed E-state index contributed by atoms with van der Waals surface area (Å²) in [5.41, 5.74) is 3.89. The van der Waals surface area contributed by atoms with E-state index in [1.165, 1.54) is 13.2 Å². The van der Waals surface area contributed by atoms with Gasteiger partial charge >= 0.3 is 0 Å². The van der Waals surface area contributed by atoms with Gasteiger partial charge in [-0.1, -0.05) is 64.0 Å². The fourth-order valence-electron chi connectivity index (χ4n) is 7.77. The van der Waals surface area contributed by atoms with Crippen LogP contribution in [-0.4, -0.2) is 35.5 Å². The average molecular weight is 639 g/mol. The van der Waals surface area contributed by atoms with Gasteiger partial charge in [0.05, 0.1) is 36.8 Å². The topological polar surface area (TPSA) is 128 Å². The van der Waals surface area contributed by atoms with Crippen LogP contribution >= 0.6 is 0 Å². The van der Waals surface area contributed by atoms with Crippen LogP contribution in [0.3, 0.4) is 0 Å². The average Bonchev–Trinajstić information content (AvgIpc) is 3.21. The standard InChI is InChI=1S/C39H46N2O6/c1-5-7-9-11-13-40-26-17-22(19-42)28-29-23(20-43)18-27(44)33-35(29)30-24(36(37(33)45)41-14-12-10-8-6-2)15-21(3)16-25-31(30)34(28)32(26)38(46)39(25)47-4/h15,17-18,40-43,45H,5-14,16,19-20H2,1-4H3. The van der Waals surface area contributed by atoms with Crippen molar-refractivity contribution in [2.45, 2.75) is 91.8 Å². The second-order valence-electron chi connectivity index (χ2n) is 13.1. The molecule has 248 valence electrons. The second kappa shape index (κ2) is 13.5. The SMILES string of the molecule is CCCCCCNc1c(O)c2c(=O)cc(CO)c3c4c(CO)cc(NCCCCCC)c5c(=O)c(OC)c6c(c(c1C=C(C)C6)c23)c54. The fraction of sp³-hybridized carbons (Fsp3) is 0.436. The third kappa shape index (κ3) is 5.32. The number of hydrogen-bond donors (Lipinski definition) is 5. The highest BCUT2D eigenvalue weighted by Gasteiger charge is 2.32. The summed E-state index contributed by atoms with van der Waals surface area (Å²) in [6.45, 7) is 6.87. The van der Waals surface area contributed by atoms with E-state index in [0.29, 0.717) is 68.9 Å². The molecule has 0 unspecified atom stereocenters. The van der Waals surface area contributed by atoms with Gasteiger partial charge in [-0.15, -0.1) is 0 Å². The van der Waals surface area contributed by atoms with Gasteiger partial charge < -0.3 is 30.7 Å². The van der Waals surface area contributed by atoms with Crippen LogP contribution in [0.4, 0.5) is 11.4 Å². The van der Waals surface area contributed by atoms with Crippen LogP contribution in [0.15, 0.2) is 27.3 Å². The zero-order chi connectivity index (χ0) is 33.4. The Morgan fingerprint density at radius 2 is 1.36 bits per heavy atom. The van der Waals surface area contributed by atoms with Crippen molar-refractivity contribution in [3.63, 3.8) is 0 Å². The molecule has 0 radical (unpaired) electrons. The summed E-state index contributed by atoms with van der Waals surface area (Å²) in [5.74, 6) is 0.129. The van der Waals surface area contributed by atoms with E-state index in [1.54, 1.807) is 0 Å². The highest BCUT2D eigenvalue weighted by Crippen LogP contribution is 2.53. The smallest absolute Gasteiger partial charge is 0.230 e. The summed E-state index contributed by atoms with van der Waals surface area (Å²) in [6, 6.07) is 3.20. The molecule has 0 aliphatic heterocycles. The highest BCUT2D eigenvalue weighted by molar-refractivity contribution is 6.39. The van der Waals surface area contributed by atoms with Crippen molar-refractivity contribution < 1.29 is 20.1 Å². The number of rotatable bonds is 15. The van der Waals surface area contributed by atoms with Gasteiger partial charge in [0, 0.05) is 46.1 Å². The number of aliphatic hydroxyl groups excluding tert-OH is 2. The molecule has 0 amide bonds. The molecule has 6 rings (SSSR count). The van der Waals surface area contributed by atoms with E-state index in [1.807, 2.05) is 19.1 Å². The molecule has 1 aliphatic carbocycles. The van der Waals surface area contributed by atoms with E-state index in [0.717, 1.165) is 78.8 Å². The molecule has 0 aromatic heterocycles. The van der Waals surface area contributed by atoms with Crippen LogP contribution < -0.4 is 26.2 Å². The minimum Gasteiger partial charge on any atom is -0.505 e. The maximum atomic E-state index is 14.5. The number of unbranched alkanes of at least 4 members (excludes halogenated alkanes) is 6. The van der Waals surface area contributed by atoms with Crippen molar-refractivity contribution >= 4 is 60.5 Å². The lowest BCUT2D eigenvalue weighted by molar-refractivity contribution is 0.282. The maximum Gasteiger partial charge on any atom is 0.230 e. The molecule has 8 heteroatoms. The number of ether oxygens (including phenoxy) is 1. The number of nitrogens with one attached hydrogen (secondary N) is 2. The van der Waals surface area contributed by atoms with Gasteiger partial charge in [-0.05, 0) is 65.6 Å². The molecule has 0 spiro atoms. The van der Waals surface area contributed by atoms with Crippen molar-refractivity contribution in [3.05, 3.63) is 60.4 Å². The first-order valence-corrected chi connectivity index (χ1v) is 17.1. The van der Waals surface area contributed by atoms with Crippen molar-refractivity contribution in [1.82, 2.24) is 0 Å². The molecule has 0 bridgehead atoms. The number of aliphatic hydroxyl groups is 2. The van der Waals surface area contributed by atoms with Crippen LogP contribution in [0.1, 0.15) is 94.4 Å². The van der Waals surface area contributed by atoms with Gasteiger partial charge in [0.1, 0.15) is 0 Å². The predicted octanol–water partition coefficient (Wildman–Crippen LogP) is 7.54. The Hall–Kier alpha value is -4.14. The molecule has 8 nitrogen and oxygen atoms in total. The van der Waals surface area contributed by atoms with Gasteiger partial charge in [-0.3, -0.25) is 9.59 Å². The lowest BCUT2D eigenvalue weighted by atomic mass is 9.81. The van der Waals surface area contributed by atoms with Gasteiger partial charge in [-0.25, -0.2) is 0 Å². The van der Waals surface area contributed by atoms with E-state index in [9.17, 15) is 24.9 Å². The maximum absolute atomic E-state index is 14.5. The number of phenols is 1. The first-order valence-electron chi connectivity index (χ1n) is 17.1. The molecule has 0 saturated carbocycles. The molecular weight excluding hydrogens is 592 g/mol. The van der Waals surface area contributed by atoms with Gasteiger partial charge in [-0.2, -0.15) is 0 Å². The van der Waals surface area contributed by atoms with E-state index in [4.69, 9.17) is 4.74 Å². The minimum atomic E-state index is -0.422. The Kier molecular flexibility index (Phi) is 9.44. The monoisotopic (exact) mass is 638 g/mol. The van der Waals surface area contributed by atoms with Crippen LogP contribution in [-0.2, 0) is 19.6 Å². The van der Waals surface area contributed by atoms with Crippen LogP contribution in [0.5, 0.6) is 11.5 Å². The van der Waals surface area contributed by atoms with Crippen LogP contribution in [0, 0.1) is 0 Å². The number of anilines is 2. The first-order chi connectivity index (χ1) is 22.8. The van der Waals surface area contributed by atoms with Crippen LogP contribution in [0.25, 0.3) is 49.2 Å². The van der Waals surface area contributed by atoms with Crippen molar-refractivity contribution in [3.8, 4) is 11.5 Å². The molecule has 5 N–H and O–H groups in total. The van der Waals surface area contributed by atoms with Crippen molar-refractivity contribution in [2.24, 2.45) is 0 Å². The number of methoxy groups -OCH3 is 1. The van der Waals surface area contributed by atoms with Crippen LogP contribution in [0.2, 0.25) is 0 Å². The third-order valence-corrected chi connectivity index (χ3v) is 9.87. The molecule has 47 heavy (non-hydrogen) atoms. The Bertz CT molecular complexity index is 2120. The number of allylic oxidation sites excluding steroid dienone is 1. The molecular formula is C39H46N2O6. The van der Waals surface area contributed by atoms with E-state index >= 15 is 0 Å². The summed E-state index contributed by atoms with van der Waals surface area (Å²) < 4.78 is 5.91. The summed E-state index contributed by atoms with van der Waals surface area (Å²) in [7, 11) is 1.52. The number of phenolic OH excluding ortho intramolecular Hbond substituents is 1. The predicted molar refractivity (Wildman–Crippen MR) is 194 cm³/mol. The Morgan fingerprint density at radius 3 is 1.98 bits per heavy atom. The van der Waals surface area contributed by atoms with Gasteiger partial charge in [0.25, 0.3) is 0 Å². The molecule has 0 atom stereocenters. The number of aromatic hydroxyl groups is 1. The lowest BCUT2D eigenvalue weighted by Crippen LogP contribution is -2.15. The Morgan fingerprint density at radius 1 is 0.745 bits per heavy atom. The summed E-state index contributed by atoms with van der Waals surface area (Å²) in [4.78, 5) is 28.3. The summed E-state index contributed by atoms with van der Waals surface area (Å²) in [6.07, 6.45) is 10.9. The van der Waals surface area contributed by atoms with E-state index < -0.39 is 12.0 Å². The number of benzene rings is 5. The number of hydrogen-bond acceptors (Lipinski definition) is 8. The molecule has 0 heterocycles. The van der Waals surface area contributed by atoms with Crippen molar-refractivity contribution in [1.29, 1.82) is 0 Å². The van der Waals surface area contributed by atoms with Crippen molar-refractivity contribution in [2.75, 3.05) is 30.8 Å². The molecule has 5 aromatic carbocycles. The summed E-state index contributed by atoms with van der Waals surface area (Å²) >= 11 is 0. The first kappa shape index (κ1) is 32.8. The quantitative estimate of drug-likeness (QED) is 0.0345. The second-order valence-corrected chi connectivity index (χ2v) is 13.1. The number of fused-ring (bicyclic) bond motifs is 1.